The van der Waals surface area contributed by atoms with Gasteiger partial charge >= 0.3 is 11.9 Å². The number of carbonyl (C=O) groups is 3. The Balaban J connectivity index is 2.15. The fourth-order valence-corrected chi connectivity index (χ4v) is 4.45. The van der Waals surface area contributed by atoms with E-state index < -0.39 is 23.1 Å². The maximum Gasteiger partial charge on any atom is 0.337 e. The number of anilines is 1. The van der Waals surface area contributed by atoms with Gasteiger partial charge in [0.1, 0.15) is 11.2 Å². The molecule has 1 saturated heterocycles. The van der Waals surface area contributed by atoms with Gasteiger partial charge in [0.2, 0.25) is 5.91 Å². The molecular weight excluding hydrogens is 409 g/mol. The van der Waals surface area contributed by atoms with Crippen molar-refractivity contribution in [3.63, 3.8) is 0 Å². The van der Waals surface area contributed by atoms with Crippen molar-refractivity contribution in [2.75, 3.05) is 24.9 Å². The van der Waals surface area contributed by atoms with Crippen molar-refractivity contribution < 1.29 is 28.2 Å². The van der Waals surface area contributed by atoms with Crippen LogP contribution in [0.5, 0.6) is 0 Å². The van der Waals surface area contributed by atoms with Crippen LogP contribution in [0, 0.1) is 5.82 Å². The number of esters is 2. The molecule has 2 aromatic carbocycles. The average Bonchev–Trinajstić information content (AvgIpc) is 3.07. The minimum atomic E-state index is -0.750. The zero-order valence-electron chi connectivity index (χ0n) is 14.9. The Morgan fingerprint density at radius 2 is 1.75 bits per heavy atom. The van der Waals surface area contributed by atoms with Crippen LogP contribution in [0.15, 0.2) is 36.4 Å². The van der Waals surface area contributed by atoms with E-state index in [9.17, 15) is 18.8 Å². The van der Waals surface area contributed by atoms with Crippen molar-refractivity contribution in [3.05, 3.63) is 63.9 Å². The molecule has 2 aromatic rings. The third-order valence-electron chi connectivity index (χ3n) is 4.15. The first kappa shape index (κ1) is 20.2. The highest BCUT2D eigenvalue weighted by Gasteiger charge is 2.37. The molecule has 0 spiro atoms. The minimum Gasteiger partial charge on any atom is -0.465 e. The van der Waals surface area contributed by atoms with Gasteiger partial charge in [0.15, 0.2) is 0 Å². The lowest BCUT2D eigenvalue weighted by molar-refractivity contribution is -0.115. The van der Waals surface area contributed by atoms with E-state index in [0.29, 0.717) is 0 Å². The lowest BCUT2D eigenvalue weighted by atomic mass is 10.1. The van der Waals surface area contributed by atoms with E-state index in [2.05, 4.69) is 0 Å². The Kier molecular flexibility index (Phi) is 5.90. The van der Waals surface area contributed by atoms with E-state index in [1.165, 1.54) is 67.3 Å². The van der Waals surface area contributed by atoms with Crippen molar-refractivity contribution in [2.24, 2.45) is 0 Å². The first-order valence-electron chi connectivity index (χ1n) is 8.06. The molecular formula is C19H15ClFNO5S. The van der Waals surface area contributed by atoms with Gasteiger partial charge in [-0.25, -0.2) is 14.0 Å². The molecule has 0 bridgehead atoms. The van der Waals surface area contributed by atoms with Gasteiger partial charge in [-0.3, -0.25) is 9.69 Å². The van der Waals surface area contributed by atoms with Crippen LogP contribution in [0.3, 0.4) is 0 Å². The van der Waals surface area contributed by atoms with E-state index in [-0.39, 0.29) is 39.1 Å². The van der Waals surface area contributed by atoms with E-state index in [0.717, 1.165) is 0 Å². The predicted molar refractivity (Wildman–Crippen MR) is 103 cm³/mol. The summed E-state index contributed by atoms with van der Waals surface area (Å²) in [5.74, 6) is -2.15. The molecule has 146 valence electrons. The molecule has 1 heterocycles. The van der Waals surface area contributed by atoms with Crippen molar-refractivity contribution in [1.82, 2.24) is 0 Å². The van der Waals surface area contributed by atoms with Crippen LogP contribution in [0.4, 0.5) is 10.1 Å². The van der Waals surface area contributed by atoms with Crippen molar-refractivity contribution >= 4 is 46.9 Å². The smallest absolute Gasteiger partial charge is 0.337 e. The Hall–Kier alpha value is -2.58. The lowest BCUT2D eigenvalue weighted by Crippen LogP contribution is -2.29. The summed E-state index contributed by atoms with van der Waals surface area (Å²) in [6, 6.07) is 8.38. The number of ether oxygens (including phenoxy) is 2. The highest BCUT2D eigenvalue weighted by molar-refractivity contribution is 8.00. The average molecular weight is 424 g/mol. The van der Waals surface area contributed by atoms with E-state index in [1.54, 1.807) is 0 Å². The summed E-state index contributed by atoms with van der Waals surface area (Å²) in [6.45, 7) is 0. The van der Waals surface area contributed by atoms with Gasteiger partial charge in [-0.15, -0.1) is 11.8 Å². The molecule has 1 atom stereocenters. The van der Waals surface area contributed by atoms with Crippen molar-refractivity contribution in [2.45, 2.75) is 5.37 Å². The van der Waals surface area contributed by atoms with Gasteiger partial charge in [-0.2, -0.15) is 0 Å². The molecule has 6 nitrogen and oxygen atoms in total. The normalized spacial score (nSPS) is 16.2. The molecule has 0 radical (unpaired) electrons. The summed E-state index contributed by atoms with van der Waals surface area (Å²) < 4.78 is 23.9. The zero-order valence-corrected chi connectivity index (χ0v) is 16.5. The van der Waals surface area contributed by atoms with E-state index >= 15 is 0 Å². The van der Waals surface area contributed by atoms with Gasteiger partial charge in [-0.1, -0.05) is 17.7 Å². The summed E-state index contributed by atoms with van der Waals surface area (Å²) in [6.07, 6.45) is 0. The number of amides is 1. The zero-order chi connectivity index (χ0) is 20.4. The van der Waals surface area contributed by atoms with Crippen LogP contribution in [0.2, 0.25) is 5.02 Å². The maximum absolute atomic E-state index is 14.5. The summed E-state index contributed by atoms with van der Waals surface area (Å²) in [5, 5.41) is -0.575. The monoisotopic (exact) mass is 423 g/mol. The molecule has 1 aliphatic heterocycles. The van der Waals surface area contributed by atoms with E-state index in [4.69, 9.17) is 21.1 Å². The second kappa shape index (κ2) is 8.20. The minimum absolute atomic E-state index is 0.0588. The van der Waals surface area contributed by atoms with Crippen LogP contribution in [-0.2, 0) is 14.3 Å². The first-order valence-corrected chi connectivity index (χ1v) is 9.49. The van der Waals surface area contributed by atoms with Crippen LogP contribution in [0.25, 0.3) is 0 Å². The Morgan fingerprint density at radius 1 is 1.14 bits per heavy atom. The molecule has 0 aliphatic carbocycles. The van der Waals surface area contributed by atoms with Gasteiger partial charge in [0, 0.05) is 16.3 Å². The van der Waals surface area contributed by atoms with E-state index in [1.807, 2.05) is 0 Å². The topological polar surface area (TPSA) is 72.9 Å². The van der Waals surface area contributed by atoms with Crippen molar-refractivity contribution in [3.8, 4) is 0 Å². The fourth-order valence-electron chi connectivity index (χ4n) is 2.89. The molecule has 0 aromatic heterocycles. The Bertz CT molecular complexity index is 913. The second-order valence-electron chi connectivity index (χ2n) is 5.81. The standard InChI is InChI=1S/C19H15ClFNO5S/c1-26-18(24)10-6-11(19(25)27-2)8-12(7-10)22-15(23)9-28-17(22)16-13(20)4-3-5-14(16)21/h3-8,17H,9H2,1-2H3. The number of carbonyl (C=O) groups excluding carboxylic acids is 3. The summed E-state index contributed by atoms with van der Waals surface area (Å²) in [5.41, 5.74) is 0.512. The number of thioether (sulfide) groups is 1. The number of nitrogens with zero attached hydrogens (tertiary/aromatic N) is 1. The number of halogens is 2. The van der Waals surface area contributed by atoms with Gasteiger partial charge in [0.05, 0.1) is 31.1 Å². The lowest BCUT2D eigenvalue weighted by Gasteiger charge is -2.26. The van der Waals surface area contributed by atoms with Gasteiger partial charge in [0.25, 0.3) is 0 Å². The largest absolute Gasteiger partial charge is 0.465 e. The number of benzene rings is 2. The molecule has 1 amide bonds. The molecule has 1 aliphatic rings. The molecule has 1 unspecified atom stereocenters. The third kappa shape index (κ3) is 3.70. The first-order chi connectivity index (χ1) is 13.4. The number of rotatable bonds is 4. The highest BCUT2D eigenvalue weighted by Crippen LogP contribution is 2.45. The third-order valence-corrected chi connectivity index (χ3v) is 5.66. The molecule has 0 N–H and O–H groups in total. The Morgan fingerprint density at radius 3 is 2.29 bits per heavy atom. The van der Waals surface area contributed by atoms with Gasteiger partial charge in [-0.05, 0) is 30.3 Å². The van der Waals surface area contributed by atoms with Crippen LogP contribution in [0.1, 0.15) is 31.7 Å². The molecule has 28 heavy (non-hydrogen) atoms. The number of hydrogen-bond donors (Lipinski definition) is 0. The predicted octanol–water partition coefficient (Wildman–Crippen LogP) is 3.83. The SMILES string of the molecule is COC(=O)c1cc(C(=O)OC)cc(N2C(=O)CSC2c2c(F)cccc2Cl)c1. The Labute approximate surface area is 169 Å². The molecule has 3 rings (SSSR count). The van der Waals surface area contributed by atoms with Gasteiger partial charge < -0.3 is 9.47 Å². The maximum atomic E-state index is 14.5. The molecule has 1 fully saturated rings. The number of methoxy groups -OCH3 is 2. The van der Waals surface area contributed by atoms with Crippen molar-refractivity contribution in [1.29, 1.82) is 0 Å². The van der Waals surface area contributed by atoms with Crippen LogP contribution >= 0.6 is 23.4 Å². The van der Waals surface area contributed by atoms with Crippen LogP contribution in [-0.4, -0.2) is 37.8 Å². The second-order valence-corrected chi connectivity index (χ2v) is 7.29. The fraction of sp³-hybridized carbons (Fsp3) is 0.211. The summed E-state index contributed by atoms with van der Waals surface area (Å²) in [4.78, 5) is 37.9. The quantitative estimate of drug-likeness (QED) is 0.696. The molecule has 0 saturated carbocycles. The summed E-state index contributed by atoms with van der Waals surface area (Å²) >= 11 is 7.37. The molecule has 9 heteroatoms. The highest BCUT2D eigenvalue weighted by atomic mass is 35.5. The summed E-state index contributed by atoms with van der Waals surface area (Å²) in [7, 11) is 2.40. The number of hydrogen-bond acceptors (Lipinski definition) is 6. The van der Waals surface area contributed by atoms with Crippen LogP contribution < -0.4 is 4.90 Å².